The van der Waals surface area contributed by atoms with Crippen LogP contribution in [0.25, 0.3) is 0 Å². The van der Waals surface area contributed by atoms with Crippen LogP contribution in [0.5, 0.6) is 5.75 Å². The van der Waals surface area contributed by atoms with Gasteiger partial charge in [-0.1, -0.05) is 18.2 Å². The lowest BCUT2D eigenvalue weighted by Gasteiger charge is -2.19. The zero-order valence-electron chi connectivity index (χ0n) is 12.1. The van der Waals surface area contributed by atoms with Crippen LogP contribution in [-0.4, -0.2) is 28.9 Å². The monoisotopic (exact) mass is 278 g/mol. The first-order valence-corrected chi connectivity index (χ1v) is 6.85. The van der Waals surface area contributed by atoms with E-state index in [2.05, 4.69) is 10.6 Å². The lowest BCUT2D eigenvalue weighted by molar-refractivity contribution is 0.0522. The van der Waals surface area contributed by atoms with Crippen LogP contribution < -0.4 is 10.6 Å². The van der Waals surface area contributed by atoms with Gasteiger partial charge in [0.15, 0.2) is 0 Å². The molecule has 0 aromatic heterocycles. The number of hydrogen-bond acceptors (Lipinski definition) is 4. The van der Waals surface area contributed by atoms with Gasteiger partial charge in [0.2, 0.25) is 0 Å². The zero-order chi connectivity index (χ0) is 14.8. The van der Waals surface area contributed by atoms with Crippen LogP contribution >= 0.6 is 0 Å². The van der Waals surface area contributed by atoms with E-state index >= 15 is 0 Å². The summed E-state index contributed by atoms with van der Waals surface area (Å²) in [5.41, 5.74) is 0.382. The third kappa shape index (κ3) is 4.42. The van der Waals surface area contributed by atoms with E-state index in [1.165, 1.54) is 0 Å². The Hall–Kier alpha value is -1.75. The smallest absolute Gasteiger partial charge is 0.407 e. The fraction of sp³-hybridized carbons (Fsp3) is 0.533. The molecule has 3 N–H and O–H groups in total. The number of phenolic OH excluding ortho intramolecular Hbond substituents is 1. The minimum absolute atomic E-state index is 0.107. The average molecular weight is 278 g/mol. The number of alkyl carbamates (subject to hydrolysis) is 1. The van der Waals surface area contributed by atoms with Crippen molar-refractivity contribution in [2.24, 2.45) is 0 Å². The number of aromatic hydroxyl groups is 1. The molecule has 110 valence electrons. The summed E-state index contributed by atoms with van der Waals surface area (Å²) in [6, 6.07) is 7.57. The van der Waals surface area contributed by atoms with E-state index in [-0.39, 0.29) is 23.9 Å². The van der Waals surface area contributed by atoms with Gasteiger partial charge < -0.3 is 20.5 Å². The quantitative estimate of drug-likeness (QED) is 0.789. The lowest BCUT2D eigenvalue weighted by atomic mass is 10.2. The minimum atomic E-state index is -0.474. The number of carbonyl (C=O) groups is 1. The Kier molecular flexibility index (Phi) is 4.18. The molecule has 0 saturated heterocycles. The first-order valence-electron chi connectivity index (χ1n) is 6.85. The maximum atomic E-state index is 11.6. The van der Waals surface area contributed by atoms with Gasteiger partial charge in [0, 0.05) is 24.2 Å². The summed E-state index contributed by atoms with van der Waals surface area (Å²) < 4.78 is 5.20. The number of rotatable bonds is 4. The molecule has 1 fully saturated rings. The standard InChI is InChI=1S/C15H22N2O3/c1-15(2,3)20-14(19)17-12-8-11(12)16-9-10-6-4-5-7-13(10)18/h4-7,11-12,16,18H,8-9H2,1-3H3,(H,17,19). The number of ether oxygens (including phenoxy) is 1. The van der Waals surface area contributed by atoms with Crippen LogP contribution in [0, 0.1) is 0 Å². The molecule has 2 atom stereocenters. The third-order valence-corrected chi connectivity index (χ3v) is 3.04. The van der Waals surface area contributed by atoms with Crippen molar-refractivity contribution in [1.82, 2.24) is 10.6 Å². The second-order valence-corrected chi connectivity index (χ2v) is 6.10. The number of phenols is 1. The molecule has 2 rings (SSSR count). The van der Waals surface area contributed by atoms with E-state index in [0.717, 1.165) is 12.0 Å². The molecule has 0 spiro atoms. The van der Waals surface area contributed by atoms with Crippen LogP contribution in [-0.2, 0) is 11.3 Å². The molecule has 0 heterocycles. The Morgan fingerprint density at radius 3 is 2.70 bits per heavy atom. The summed E-state index contributed by atoms with van der Waals surface area (Å²) in [6.07, 6.45) is 0.502. The van der Waals surface area contributed by atoms with Gasteiger partial charge in [-0.3, -0.25) is 0 Å². The first kappa shape index (κ1) is 14.7. The summed E-state index contributed by atoms with van der Waals surface area (Å²) in [5.74, 6) is 0.289. The van der Waals surface area contributed by atoms with Gasteiger partial charge in [0.25, 0.3) is 0 Å². The highest BCUT2D eigenvalue weighted by Crippen LogP contribution is 2.23. The molecule has 1 aromatic carbocycles. The molecular formula is C15H22N2O3. The van der Waals surface area contributed by atoms with Gasteiger partial charge in [0.05, 0.1) is 0 Å². The topological polar surface area (TPSA) is 70.6 Å². The molecule has 5 nitrogen and oxygen atoms in total. The fourth-order valence-electron chi connectivity index (χ4n) is 1.94. The van der Waals surface area contributed by atoms with E-state index in [4.69, 9.17) is 4.74 Å². The molecule has 1 aromatic rings. The summed E-state index contributed by atoms with van der Waals surface area (Å²) in [5, 5.41) is 15.8. The highest BCUT2D eigenvalue weighted by molar-refractivity contribution is 5.68. The van der Waals surface area contributed by atoms with Crippen LogP contribution in [0.3, 0.4) is 0 Å². The summed E-state index contributed by atoms with van der Waals surface area (Å²) in [7, 11) is 0. The van der Waals surface area contributed by atoms with E-state index in [1.807, 2.05) is 32.9 Å². The summed E-state index contributed by atoms with van der Waals surface area (Å²) >= 11 is 0. The second-order valence-electron chi connectivity index (χ2n) is 6.10. The maximum Gasteiger partial charge on any atom is 0.407 e. The Morgan fingerprint density at radius 2 is 2.05 bits per heavy atom. The van der Waals surface area contributed by atoms with Crippen molar-refractivity contribution in [3.63, 3.8) is 0 Å². The largest absolute Gasteiger partial charge is 0.508 e. The minimum Gasteiger partial charge on any atom is -0.508 e. The molecule has 1 aliphatic carbocycles. The van der Waals surface area contributed by atoms with Gasteiger partial charge >= 0.3 is 6.09 Å². The van der Waals surface area contributed by atoms with Gasteiger partial charge in [0.1, 0.15) is 11.4 Å². The number of hydrogen-bond donors (Lipinski definition) is 3. The normalized spacial score (nSPS) is 21.4. The number of carbonyl (C=O) groups excluding carboxylic acids is 1. The van der Waals surface area contributed by atoms with Crippen molar-refractivity contribution in [1.29, 1.82) is 0 Å². The number of nitrogens with one attached hydrogen (secondary N) is 2. The van der Waals surface area contributed by atoms with Crippen LogP contribution in [0.15, 0.2) is 24.3 Å². The molecular weight excluding hydrogens is 256 g/mol. The van der Waals surface area contributed by atoms with E-state index < -0.39 is 5.60 Å². The second kappa shape index (κ2) is 5.71. The SMILES string of the molecule is CC(C)(C)OC(=O)NC1CC1NCc1ccccc1O. The molecule has 2 unspecified atom stereocenters. The molecule has 20 heavy (non-hydrogen) atoms. The van der Waals surface area contributed by atoms with Gasteiger partial charge in [-0.15, -0.1) is 0 Å². The molecule has 0 radical (unpaired) electrons. The van der Waals surface area contributed by atoms with E-state index in [9.17, 15) is 9.90 Å². The molecule has 1 amide bonds. The third-order valence-electron chi connectivity index (χ3n) is 3.04. The van der Waals surface area contributed by atoms with Crippen molar-refractivity contribution < 1.29 is 14.6 Å². The van der Waals surface area contributed by atoms with Crippen molar-refractivity contribution in [3.05, 3.63) is 29.8 Å². The van der Waals surface area contributed by atoms with Gasteiger partial charge in [-0.05, 0) is 33.3 Å². The maximum absolute atomic E-state index is 11.6. The molecule has 0 aliphatic heterocycles. The van der Waals surface area contributed by atoms with Crippen molar-refractivity contribution in [2.75, 3.05) is 0 Å². The first-order chi connectivity index (χ1) is 9.35. The Labute approximate surface area is 119 Å². The molecule has 1 saturated carbocycles. The fourth-order valence-corrected chi connectivity index (χ4v) is 1.94. The highest BCUT2D eigenvalue weighted by atomic mass is 16.6. The number of benzene rings is 1. The Bertz CT molecular complexity index is 482. The Balaban J connectivity index is 1.71. The molecule has 0 bridgehead atoms. The van der Waals surface area contributed by atoms with Crippen molar-refractivity contribution >= 4 is 6.09 Å². The highest BCUT2D eigenvalue weighted by Gasteiger charge is 2.38. The molecule has 5 heteroatoms. The van der Waals surface area contributed by atoms with Gasteiger partial charge in [-0.2, -0.15) is 0 Å². The van der Waals surface area contributed by atoms with E-state index in [0.29, 0.717) is 6.54 Å². The Morgan fingerprint density at radius 1 is 1.35 bits per heavy atom. The number of para-hydroxylation sites is 1. The van der Waals surface area contributed by atoms with Crippen LogP contribution in [0.2, 0.25) is 0 Å². The van der Waals surface area contributed by atoms with Crippen LogP contribution in [0.1, 0.15) is 32.8 Å². The van der Waals surface area contributed by atoms with Crippen molar-refractivity contribution in [3.8, 4) is 5.75 Å². The molecule has 1 aliphatic rings. The zero-order valence-corrected chi connectivity index (χ0v) is 12.1. The average Bonchev–Trinajstić information content (AvgIpc) is 3.03. The predicted molar refractivity (Wildman–Crippen MR) is 76.5 cm³/mol. The summed E-state index contributed by atoms with van der Waals surface area (Å²) in [6.45, 7) is 6.11. The van der Waals surface area contributed by atoms with Gasteiger partial charge in [-0.25, -0.2) is 4.79 Å². The summed E-state index contributed by atoms with van der Waals surface area (Å²) in [4.78, 5) is 11.6. The van der Waals surface area contributed by atoms with Crippen LogP contribution in [0.4, 0.5) is 4.79 Å². The number of amides is 1. The van der Waals surface area contributed by atoms with Crippen molar-refractivity contribution in [2.45, 2.75) is 51.4 Å². The lowest BCUT2D eigenvalue weighted by Crippen LogP contribution is -2.36. The predicted octanol–water partition coefficient (Wildman–Crippen LogP) is 2.15. The van der Waals surface area contributed by atoms with E-state index in [1.54, 1.807) is 12.1 Å².